The summed E-state index contributed by atoms with van der Waals surface area (Å²) < 4.78 is 4.78. The molecule has 1 aliphatic heterocycles. The lowest BCUT2D eigenvalue weighted by Crippen LogP contribution is -2.57. The number of rotatable bonds is 4. The van der Waals surface area contributed by atoms with E-state index in [1.165, 1.54) is 12.7 Å². The van der Waals surface area contributed by atoms with Crippen molar-refractivity contribution in [2.24, 2.45) is 5.41 Å². The maximum absolute atomic E-state index is 11.6. The summed E-state index contributed by atoms with van der Waals surface area (Å²) in [5, 5.41) is 3.02. The molecule has 0 bridgehead atoms. The van der Waals surface area contributed by atoms with Crippen molar-refractivity contribution in [3.63, 3.8) is 0 Å². The SMILES string of the molecule is CCC1(C)CCN(Cc2ccccc2)CC1NC(=O)OC. The van der Waals surface area contributed by atoms with Gasteiger partial charge in [0.15, 0.2) is 0 Å². The van der Waals surface area contributed by atoms with Gasteiger partial charge in [-0.3, -0.25) is 4.90 Å². The summed E-state index contributed by atoms with van der Waals surface area (Å²) in [4.78, 5) is 14.0. The van der Waals surface area contributed by atoms with E-state index < -0.39 is 0 Å². The molecule has 1 saturated heterocycles. The molecule has 2 unspecified atom stereocenters. The van der Waals surface area contributed by atoms with Gasteiger partial charge in [0.1, 0.15) is 0 Å². The maximum Gasteiger partial charge on any atom is 0.407 e. The zero-order valence-corrected chi connectivity index (χ0v) is 13.3. The first kappa shape index (κ1) is 15.8. The monoisotopic (exact) mass is 290 g/mol. The van der Waals surface area contributed by atoms with E-state index in [4.69, 9.17) is 4.74 Å². The first-order valence-electron chi connectivity index (χ1n) is 7.68. The Morgan fingerprint density at radius 3 is 2.76 bits per heavy atom. The Bertz CT molecular complexity index is 463. The molecule has 116 valence electrons. The highest BCUT2D eigenvalue weighted by Gasteiger charge is 2.38. The van der Waals surface area contributed by atoms with Gasteiger partial charge in [-0.15, -0.1) is 0 Å². The third-order valence-electron chi connectivity index (χ3n) is 4.82. The van der Waals surface area contributed by atoms with E-state index in [2.05, 4.69) is 48.3 Å². The summed E-state index contributed by atoms with van der Waals surface area (Å²) in [7, 11) is 1.42. The van der Waals surface area contributed by atoms with Crippen molar-refractivity contribution in [2.45, 2.75) is 39.3 Å². The summed E-state index contributed by atoms with van der Waals surface area (Å²) in [6.07, 6.45) is 1.81. The molecule has 1 heterocycles. The van der Waals surface area contributed by atoms with Gasteiger partial charge in [-0.2, -0.15) is 0 Å². The summed E-state index contributed by atoms with van der Waals surface area (Å²) in [5.74, 6) is 0. The predicted molar refractivity (Wildman–Crippen MR) is 84.1 cm³/mol. The van der Waals surface area contributed by atoms with Crippen LogP contribution in [0.3, 0.4) is 0 Å². The quantitative estimate of drug-likeness (QED) is 0.926. The Kier molecular flexibility index (Phi) is 5.23. The van der Waals surface area contributed by atoms with E-state index in [-0.39, 0.29) is 17.6 Å². The van der Waals surface area contributed by atoms with Crippen molar-refractivity contribution in [1.29, 1.82) is 0 Å². The number of ether oxygens (including phenoxy) is 1. The number of carbonyl (C=O) groups excluding carboxylic acids is 1. The van der Waals surface area contributed by atoms with Crippen molar-refractivity contribution in [2.75, 3.05) is 20.2 Å². The minimum Gasteiger partial charge on any atom is -0.453 e. The van der Waals surface area contributed by atoms with E-state index in [1.54, 1.807) is 0 Å². The number of hydrogen-bond donors (Lipinski definition) is 1. The Morgan fingerprint density at radius 2 is 2.14 bits per heavy atom. The van der Waals surface area contributed by atoms with Crippen molar-refractivity contribution in [3.8, 4) is 0 Å². The molecule has 21 heavy (non-hydrogen) atoms. The number of piperidine rings is 1. The van der Waals surface area contributed by atoms with Crippen LogP contribution < -0.4 is 5.32 Å². The molecule has 0 aromatic heterocycles. The van der Waals surface area contributed by atoms with Crippen LogP contribution in [-0.4, -0.2) is 37.2 Å². The average Bonchev–Trinajstić information content (AvgIpc) is 2.51. The maximum atomic E-state index is 11.6. The highest BCUT2D eigenvalue weighted by molar-refractivity contribution is 5.67. The van der Waals surface area contributed by atoms with Crippen LogP contribution in [0.2, 0.25) is 0 Å². The number of likely N-dealkylation sites (tertiary alicyclic amines) is 1. The number of methoxy groups -OCH3 is 1. The second kappa shape index (κ2) is 6.94. The van der Waals surface area contributed by atoms with Crippen LogP contribution in [0.25, 0.3) is 0 Å². The number of alkyl carbamates (subject to hydrolysis) is 1. The smallest absolute Gasteiger partial charge is 0.407 e. The van der Waals surface area contributed by atoms with E-state index in [9.17, 15) is 4.79 Å². The Balaban J connectivity index is 2.03. The van der Waals surface area contributed by atoms with E-state index in [0.717, 1.165) is 32.5 Å². The molecule has 2 atom stereocenters. The Labute approximate surface area is 127 Å². The number of amides is 1. The van der Waals surface area contributed by atoms with Gasteiger partial charge in [0.25, 0.3) is 0 Å². The molecule has 1 aromatic carbocycles. The molecule has 1 N–H and O–H groups in total. The van der Waals surface area contributed by atoms with Crippen LogP contribution in [0.15, 0.2) is 30.3 Å². The first-order valence-corrected chi connectivity index (χ1v) is 7.68. The summed E-state index contributed by atoms with van der Waals surface area (Å²) in [6.45, 7) is 7.32. The molecule has 1 aliphatic rings. The standard InChI is InChI=1S/C17H26N2O2/c1-4-17(2)10-11-19(12-14-8-6-5-7-9-14)13-15(17)18-16(20)21-3/h5-9,15H,4,10-13H2,1-3H3,(H,18,20). The molecule has 2 rings (SSSR count). The van der Waals surface area contributed by atoms with Crippen molar-refractivity contribution in [3.05, 3.63) is 35.9 Å². The number of carbonyl (C=O) groups is 1. The van der Waals surface area contributed by atoms with Crippen molar-refractivity contribution >= 4 is 6.09 Å². The molecule has 0 spiro atoms. The van der Waals surface area contributed by atoms with Crippen LogP contribution in [0, 0.1) is 5.41 Å². The lowest BCUT2D eigenvalue weighted by molar-refractivity contribution is 0.0607. The van der Waals surface area contributed by atoms with Gasteiger partial charge in [-0.05, 0) is 30.4 Å². The summed E-state index contributed by atoms with van der Waals surface area (Å²) >= 11 is 0. The Hall–Kier alpha value is -1.55. The third kappa shape index (κ3) is 3.97. The predicted octanol–water partition coefficient (Wildman–Crippen LogP) is 3.03. The molecule has 0 saturated carbocycles. The van der Waals surface area contributed by atoms with E-state index in [0.29, 0.717) is 0 Å². The van der Waals surface area contributed by atoms with Crippen LogP contribution >= 0.6 is 0 Å². The fourth-order valence-electron chi connectivity index (χ4n) is 2.99. The van der Waals surface area contributed by atoms with Gasteiger partial charge in [0, 0.05) is 13.1 Å². The molecule has 1 fully saturated rings. The zero-order chi connectivity index (χ0) is 15.3. The third-order valence-corrected chi connectivity index (χ3v) is 4.82. The first-order chi connectivity index (χ1) is 10.1. The topological polar surface area (TPSA) is 41.6 Å². The lowest BCUT2D eigenvalue weighted by Gasteiger charge is -2.45. The van der Waals surface area contributed by atoms with Gasteiger partial charge in [0.05, 0.1) is 13.2 Å². The minimum absolute atomic E-state index is 0.132. The second-order valence-electron chi connectivity index (χ2n) is 6.17. The van der Waals surface area contributed by atoms with Gasteiger partial charge < -0.3 is 10.1 Å². The van der Waals surface area contributed by atoms with Gasteiger partial charge in [-0.25, -0.2) is 4.79 Å². The number of benzene rings is 1. The molecule has 4 nitrogen and oxygen atoms in total. The van der Waals surface area contributed by atoms with E-state index >= 15 is 0 Å². The highest BCUT2D eigenvalue weighted by atomic mass is 16.5. The van der Waals surface area contributed by atoms with Crippen LogP contribution in [-0.2, 0) is 11.3 Å². The number of hydrogen-bond acceptors (Lipinski definition) is 3. The lowest BCUT2D eigenvalue weighted by atomic mass is 9.74. The van der Waals surface area contributed by atoms with Gasteiger partial charge in [0.2, 0.25) is 0 Å². The largest absolute Gasteiger partial charge is 0.453 e. The van der Waals surface area contributed by atoms with E-state index in [1.807, 2.05) is 6.07 Å². The molecule has 1 amide bonds. The normalized spacial score (nSPS) is 26.3. The summed E-state index contributed by atoms with van der Waals surface area (Å²) in [5.41, 5.74) is 1.45. The molecule has 0 aliphatic carbocycles. The number of nitrogens with one attached hydrogen (secondary N) is 1. The molecular formula is C17H26N2O2. The van der Waals surface area contributed by atoms with Gasteiger partial charge >= 0.3 is 6.09 Å². The minimum atomic E-state index is -0.332. The molecular weight excluding hydrogens is 264 g/mol. The van der Waals surface area contributed by atoms with Crippen LogP contribution in [0.5, 0.6) is 0 Å². The van der Waals surface area contributed by atoms with Crippen molar-refractivity contribution < 1.29 is 9.53 Å². The second-order valence-corrected chi connectivity index (χ2v) is 6.17. The Morgan fingerprint density at radius 1 is 1.43 bits per heavy atom. The van der Waals surface area contributed by atoms with Gasteiger partial charge in [-0.1, -0.05) is 44.2 Å². The summed E-state index contributed by atoms with van der Waals surface area (Å²) in [6, 6.07) is 10.6. The molecule has 0 radical (unpaired) electrons. The average molecular weight is 290 g/mol. The fraction of sp³-hybridized carbons (Fsp3) is 0.588. The number of nitrogens with zero attached hydrogens (tertiary/aromatic N) is 1. The zero-order valence-electron chi connectivity index (χ0n) is 13.3. The highest BCUT2D eigenvalue weighted by Crippen LogP contribution is 2.35. The van der Waals surface area contributed by atoms with Crippen LogP contribution in [0.1, 0.15) is 32.3 Å². The van der Waals surface area contributed by atoms with Crippen molar-refractivity contribution in [1.82, 2.24) is 10.2 Å². The fourth-order valence-corrected chi connectivity index (χ4v) is 2.99. The molecule has 4 heteroatoms. The van der Waals surface area contributed by atoms with Crippen LogP contribution in [0.4, 0.5) is 4.79 Å². The molecule has 1 aromatic rings.